The zero-order valence-corrected chi connectivity index (χ0v) is 11.3. The van der Waals surface area contributed by atoms with Crippen molar-refractivity contribution in [2.45, 2.75) is 25.0 Å². The molecule has 0 radical (unpaired) electrons. The third kappa shape index (κ3) is 5.78. The lowest BCUT2D eigenvalue weighted by Crippen LogP contribution is -2.12. The number of hydrogen-bond acceptors (Lipinski definition) is 3. The predicted molar refractivity (Wildman–Crippen MR) is 72.1 cm³/mol. The van der Waals surface area contributed by atoms with Gasteiger partial charge in [-0.2, -0.15) is 0 Å². The molecule has 92 valence electrons. The van der Waals surface area contributed by atoms with E-state index in [9.17, 15) is 0 Å². The van der Waals surface area contributed by atoms with Crippen molar-refractivity contribution >= 4 is 11.8 Å². The Kier molecular flexibility index (Phi) is 6.80. The second-order valence-corrected chi connectivity index (χ2v) is 4.24. The zero-order valence-electron chi connectivity index (χ0n) is 10.5. The molecule has 0 aliphatic carbocycles. The molecule has 0 saturated carbocycles. The molecule has 17 heavy (non-hydrogen) atoms. The Hall–Kier alpha value is -0.950. The number of rotatable bonds is 5. The van der Waals surface area contributed by atoms with Crippen LogP contribution in [0.4, 0.5) is 0 Å². The van der Waals surface area contributed by atoms with E-state index in [0.29, 0.717) is 13.2 Å². The van der Waals surface area contributed by atoms with E-state index in [0.717, 1.165) is 5.56 Å². The number of ether oxygens (including phenoxy) is 2. The Balaban J connectivity index is 2.38. The van der Waals surface area contributed by atoms with E-state index in [2.05, 4.69) is 30.2 Å². The van der Waals surface area contributed by atoms with E-state index in [1.165, 1.54) is 4.90 Å². The van der Waals surface area contributed by atoms with Crippen LogP contribution in [0.15, 0.2) is 29.2 Å². The van der Waals surface area contributed by atoms with Gasteiger partial charge in [-0.05, 0) is 44.4 Å². The standard InChI is InChI=1S/C14H18O2S/c1-4-15-12(2)16-11-5-6-13-7-9-14(17-3)10-8-13/h7-10,12H,4,11H2,1-3H3. The van der Waals surface area contributed by atoms with Crippen LogP contribution < -0.4 is 0 Å². The average molecular weight is 250 g/mol. The summed E-state index contributed by atoms with van der Waals surface area (Å²) >= 11 is 1.73. The van der Waals surface area contributed by atoms with Crippen molar-refractivity contribution in [2.75, 3.05) is 19.5 Å². The minimum absolute atomic E-state index is 0.187. The molecule has 0 fully saturated rings. The number of thioether (sulfide) groups is 1. The molecule has 0 saturated heterocycles. The molecular weight excluding hydrogens is 232 g/mol. The van der Waals surface area contributed by atoms with Gasteiger partial charge >= 0.3 is 0 Å². The molecule has 1 atom stereocenters. The summed E-state index contributed by atoms with van der Waals surface area (Å²) in [7, 11) is 0. The van der Waals surface area contributed by atoms with Crippen LogP contribution in [-0.2, 0) is 9.47 Å². The molecule has 0 bridgehead atoms. The first-order valence-electron chi connectivity index (χ1n) is 5.62. The molecule has 0 N–H and O–H groups in total. The molecule has 1 unspecified atom stereocenters. The summed E-state index contributed by atoms with van der Waals surface area (Å²) in [6.07, 6.45) is 1.87. The van der Waals surface area contributed by atoms with E-state index >= 15 is 0 Å². The second kappa shape index (κ2) is 8.19. The third-order valence-corrected chi connectivity index (χ3v) is 2.86. The van der Waals surface area contributed by atoms with Crippen molar-refractivity contribution in [3.8, 4) is 11.8 Å². The van der Waals surface area contributed by atoms with Gasteiger partial charge in [0.1, 0.15) is 6.61 Å². The van der Waals surface area contributed by atoms with Gasteiger partial charge in [0.2, 0.25) is 0 Å². The zero-order chi connectivity index (χ0) is 12.5. The minimum atomic E-state index is -0.187. The number of hydrogen-bond donors (Lipinski definition) is 0. The van der Waals surface area contributed by atoms with Crippen molar-refractivity contribution in [1.29, 1.82) is 0 Å². The maximum atomic E-state index is 5.35. The summed E-state index contributed by atoms with van der Waals surface area (Å²) in [6, 6.07) is 8.17. The maximum absolute atomic E-state index is 5.35. The summed E-state index contributed by atoms with van der Waals surface area (Å²) < 4.78 is 10.6. The first kappa shape index (κ1) is 14.1. The van der Waals surface area contributed by atoms with Gasteiger partial charge in [0.25, 0.3) is 0 Å². The second-order valence-electron chi connectivity index (χ2n) is 3.36. The fourth-order valence-electron chi connectivity index (χ4n) is 1.25. The Morgan fingerprint density at radius 3 is 2.53 bits per heavy atom. The lowest BCUT2D eigenvalue weighted by molar-refractivity contribution is -0.117. The summed E-state index contributed by atoms with van der Waals surface area (Å²) in [5.74, 6) is 6.02. The van der Waals surface area contributed by atoms with Gasteiger partial charge in [0.15, 0.2) is 6.29 Å². The van der Waals surface area contributed by atoms with Gasteiger partial charge in [0.05, 0.1) is 0 Å². The van der Waals surface area contributed by atoms with Crippen molar-refractivity contribution in [3.05, 3.63) is 29.8 Å². The highest BCUT2D eigenvalue weighted by atomic mass is 32.2. The van der Waals surface area contributed by atoms with Gasteiger partial charge < -0.3 is 9.47 Å². The van der Waals surface area contributed by atoms with Crippen LogP contribution in [-0.4, -0.2) is 25.8 Å². The smallest absolute Gasteiger partial charge is 0.156 e. The van der Waals surface area contributed by atoms with E-state index in [-0.39, 0.29) is 6.29 Å². The van der Waals surface area contributed by atoms with E-state index < -0.39 is 0 Å². The first-order chi connectivity index (χ1) is 8.26. The van der Waals surface area contributed by atoms with Crippen molar-refractivity contribution in [1.82, 2.24) is 0 Å². The molecular formula is C14H18O2S. The van der Waals surface area contributed by atoms with E-state index in [1.807, 2.05) is 26.0 Å². The van der Waals surface area contributed by atoms with Crippen molar-refractivity contribution < 1.29 is 9.47 Å². The van der Waals surface area contributed by atoms with Gasteiger partial charge in [-0.1, -0.05) is 11.8 Å². The van der Waals surface area contributed by atoms with Gasteiger partial charge in [0, 0.05) is 17.1 Å². The molecule has 0 spiro atoms. The lowest BCUT2D eigenvalue weighted by Gasteiger charge is -2.09. The highest BCUT2D eigenvalue weighted by Gasteiger charge is 1.96. The highest BCUT2D eigenvalue weighted by Crippen LogP contribution is 2.14. The van der Waals surface area contributed by atoms with Crippen LogP contribution in [0.25, 0.3) is 0 Å². The third-order valence-electron chi connectivity index (χ3n) is 2.11. The Morgan fingerprint density at radius 1 is 1.24 bits per heavy atom. The quantitative estimate of drug-likeness (QED) is 0.454. The van der Waals surface area contributed by atoms with Crippen LogP contribution in [0.1, 0.15) is 19.4 Å². The molecule has 0 aromatic heterocycles. The molecule has 0 aliphatic heterocycles. The monoisotopic (exact) mass is 250 g/mol. The fraction of sp³-hybridized carbons (Fsp3) is 0.429. The predicted octanol–water partition coefficient (Wildman–Crippen LogP) is 3.16. The van der Waals surface area contributed by atoms with Crippen LogP contribution in [0.3, 0.4) is 0 Å². The minimum Gasteiger partial charge on any atom is -0.353 e. The molecule has 0 heterocycles. The Morgan fingerprint density at radius 2 is 1.94 bits per heavy atom. The summed E-state index contributed by atoms with van der Waals surface area (Å²) in [5, 5.41) is 0. The van der Waals surface area contributed by atoms with Crippen molar-refractivity contribution in [3.63, 3.8) is 0 Å². The van der Waals surface area contributed by atoms with Gasteiger partial charge in [-0.3, -0.25) is 0 Å². The molecule has 0 aliphatic rings. The molecule has 1 aromatic rings. The van der Waals surface area contributed by atoms with Gasteiger partial charge in [-0.25, -0.2) is 0 Å². The molecule has 2 nitrogen and oxygen atoms in total. The Labute approximate surface area is 108 Å². The maximum Gasteiger partial charge on any atom is 0.156 e. The normalized spacial score (nSPS) is 11.7. The SMILES string of the molecule is CCOC(C)OCC#Cc1ccc(SC)cc1. The fourth-order valence-corrected chi connectivity index (χ4v) is 1.66. The lowest BCUT2D eigenvalue weighted by atomic mass is 10.2. The summed E-state index contributed by atoms with van der Waals surface area (Å²) in [6.45, 7) is 4.87. The average Bonchev–Trinajstić information content (AvgIpc) is 2.36. The number of benzene rings is 1. The molecule has 0 amide bonds. The van der Waals surface area contributed by atoms with E-state index in [4.69, 9.17) is 9.47 Å². The first-order valence-corrected chi connectivity index (χ1v) is 6.85. The highest BCUT2D eigenvalue weighted by molar-refractivity contribution is 7.98. The Bertz CT molecular complexity index is 375. The summed E-state index contributed by atoms with van der Waals surface area (Å²) in [4.78, 5) is 1.25. The van der Waals surface area contributed by atoms with Crippen LogP contribution in [0, 0.1) is 11.8 Å². The van der Waals surface area contributed by atoms with Crippen LogP contribution in [0.2, 0.25) is 0 Å². The molecule has 1 rings (SSSR count). The van der Waals surface area contributed by atoms with Crippen molar-refractivity contribution in [2.24, 2.45) is 0 Å². The molecule has 3 heteroatoms. The van der Waals surface area contributed by atoms with Crippen LogP contribution in [0.5, 0.6) is 0 Å². The summed E-state index contributed by atoms with van der Waals surface area (Å²) in [5.41, 5.74) is 1.01. The van der Waals surface area contributed by atoms with Crippen LogP contribution >= 0.6 is 11.8 Å². The van der Waals surface area contributed by atoms with Gasteiger partial charge in [-0.15, -0.1) is 11.8 Å². The molecule has 1 aromatic carbocycles. The van der Waals surface area contributed by atoms with E-state index in [1.54, 1.807) is 11.8 Å². The topological polar surface area (TPSA) is 18.5 Å². The largest absolute Gasteiger partial charge is 0.353 e.